The maximum atomic E-state index is 12.9. The average molecular weight is 408 g/mol. The average Bonchev–Trinajstić information content (AvgIpc) is 3.35. The normalized spacial score (nSPS) is 11.0. The topological polar surface area (TPSA) is 77.1 Å². The van der Waals surface area contributed by atoms with Crippen molar-refractivity contribution >= 4 is 17.4 Å². The zero-order chi connectivity index (χ0) is 21.4. The van der Waals surface area contributed by atoms with E-state index in [1.54, 1.807) is 24.0 Å². The van der Waals surface area contributed by atoms with Gasteiger partial charge in [-0.1, -0.05) is 42.5 Å². The molecule has 5 aromatic rings. The van der Waals surface area contributed by atoms with Crippen LogP contribution in [-0.4, -0.2) is 30.1 Å². The van der Waals surface area contributed by atoms with Crippen LogP contribution in [0, 0.1) is 6.92 Å². The van der Waals surface area contributed by atoms with Crippen LogP contribution in [0.25, 0.3) is 28.3 Å². The molecular weight excluding hydrogens is 388 g/mol. The Labute approximate surface area is 179 Å². The molecule has 0 atom stereocenters. The van der Waals surface area contributed by atoms with Crippen LogP contribution in [-0.2, 0) is 7.05 Å². The number of aromatic nitrogens is 5. The van der Waals surface area contributed by atoms with Crippen molar-refractivity contribution in [2.24, 2.45) is 7.05 Å². The van der Waals surface area contributed by atoms with Crippen molar-refractivity contribution in [1.82, 2.24) is 24.1 Å². The van der Waals surface area contributed by atoms with E-state index in [0.29, 0.717) is 17.2 Å². The molecule has 3 aromatic heterocycles. The highest BCUT2D eigenvalue weighted by Crippen LogP contribution is 2.26. The van der Waals surface area contributed by atoms with Gasteiger partial charge in [-0.15, -0.1) is 0 Å². The van der Waals surface area contributed by atoms with Gasteiger partial charge in [-0.3, -0.25) is 13.9 Å². The van der Waals surface area contributed by atoms with Crippen LogP contribution in [0.4, 0.5) is 5.69 Å². The van der Waals surface area contributed by atoms with Crippen LogP contribution in [0.1, 0.15) is 16.2 Å². The number of amides is 1. The van der Waals surface area contributed by atoms with Gasteiger partial charge >= 0.3 is 0 Å². The molecule has 0 aliphatic rings. The minimum absolute atomic E-state index is 0.220. The van der Waals surface area contributed by atoms with Crippen molar-refractivity contribution in [2.45, 2.75) is 6.92 Å². The molecule has 2 aromatic carbocycles. The summed E-state index contributed by atoms with van der Waals surface area (Å²) in [5, 5.41) is 7.46. The van der Waals surface area contributed by atoms with Gasteiger partial charge in [0.1, 0.15) is 5.69 Å². The van der Waals surface area contributed by atoms with E-state index in [9.17, 15) is 4.79 Å². The molecular formula is C24H20N6O. The number of hydrogen-bond acceptors (Lipinski definition) is 4. The fourth-order valence-electron chi connectivity index (χ4n) is 3.65. The van der Waals surface area contributed by atoms with E-state index in [4.69, 9.17) is 0 Å². The largest absolute Gasteiger partial charge is 0.321 e. The third-order valence-electron chi connectivity index (χ3n) is 5.22. The number of nitrogens with zero attached hydrogens (tertiary/aromatic N) is 5. The van der Waals surface area contributed by atoms with Crippen LogP contribution in [0.15, 0.2) is 79.1 Å². The number of hydrogen-bond donors (Lipinski definition) is 1. The molecule has 152 valence electrons. The van der Waals surface area contributed by atoms with Crippen molar-refractivity contribution in [3.05, 3.63) is 90.5 Å². The molecule has 0 aliphatic carbocycles. The Hall–Kier alpha value is -4.26. The van der Waals surface area contributed by atoms with Gasteiger partial charge in [0.05, 0.1) is 11.4 Å². The molecule has 7 heteroatoms. The third kappa shape index (κ3) is 3.46. The highest BCUT2D eigenvalue weighted by molar-refractivity contribution is 6.04. The quantitative estimate of drug-likeness (QED) is 0.479. The number of aryl methyl sites for hydroxylation is 2. The fourth-order valence-corrected chi connectivity index (χ4v) is 3.65. The van der Waals surface area contributed by atoms with Crippen molar-refractivity contribution in [2.75, 3.05) is 5.32 Å². The molecule has 0 radical (unpaired) electrons. The fraction of sp³-hybridized carbons (Fsp3) is 0.0833. The molecule has 0 fully saturated rings. The van der Waals surface area contributed by atoms with Gasteiger partial charge in [-0.25, -0.2) is 9.97 Å². The highest BCUT2D eigenvalue weighted by atomic mass is 16.2. The molecule has 0 saturated carbocycles. The van der Waals surface area contributed by atoms with Crippen molar-refractivity contribution < 1.29 is 4.79 Å². The lowest BCUT2D eigenvalue weighted by Crippen LogP contribution is -2.16. The summed E-state index contributed by atoms with van der Waals surface area (Å²) in [4.78, 5) is 21.9. The molecule has 31 heavy (non-hydrogen) atoms. The maximum absolute atomic E-state index is 12.9. The highest BCUT2D eigenvalue weighted by Gasteiger charge is 2.16. The third-order valence-corrected chi connectivity index (χ3v) is 5.22. The number of imidazole rings is 1. The Morgan fingerprint density at radius 3 is 2.58 bits per heavy atom. The monoisotopic (exact) mass is 408 g/mol. The maximum Gasteiger partial charge on any atom is 0.273 e. The predicted octanol–water partition coefficient (Wildman–Crippen LogP) is 4.36. The first-order valence-corrected chi connectivity index (χ1v) is 9.91. The van der Waals surface area contributed by atoms with Gasteiger partial charge < -0.3 is 5.32 Å². The van der Waals surface area contributed by atoms with Crippen LogP contribution in [0.3, 0.4) is 0 Å². The van der Waals surface area contributed by atoms with Crippen molar-refractivity contribution in [3.63, 3.8) is 0 Å². The van der Waals surface area contributed by atoms with Crippen molar-refractivity contribution in [3.8, 4) is 22.5 Å². The predicted molar refractivity (Wildman–Crippen MR) is 120 cm³/mol. The Kier molecular flexibility index (Phi) is 4.55. The smallest absolute Gasteiger partial charge is 0.273 e. The van der Waals surface area contributed by atoms with E-state index in [1.807, 2.05) is 78.2 Å². The first-order valence-electron chi connectivity index (χ1n) is 9.91. The molecule has 1 N–H and O–H groups in total. The van der Waals surface area contributed by atoms with Gasteiger partial charge in [0.2, 0.25) is 5.78 Å². The zero-order valence-electron chi connectivity index (χ0n) is 17.1. The Morgan fingerprint density at radius 2 is 1.77 bits per heavy atom. The zero-order valence-corrected chi connectivity index (χ0v) is 17.1. The molecule has 0 spiro atoms. The van der Waals surface area contributed by atoms with Gasteiger partial charge in [0.25, 0.3) is 5.91 Å². The standard InChI is InChI=1S/C24H20N6O/c1-16-22(27-24-25-12-7-13-30(16)24)18-10-6-11-19(14-18)26-23(31)21-15-20(28-29(21)2)17-8-4-3-5-9-17/h3-15H,1-2H3,(H,26,31). The van der Waals surface area contributed by atoms with Gasteiger partial charge in [-0.05, 0) is 31.2 Å². The van der Waals surface area contributed by atoms with Crippen LogP contribution < -0.4 is 5.32 Å². The summed E-state index contributed by atoms with van der Waals surface area (Å²) < 4.78 is 3.54. The second-order valence-electron chi connectivity index (χ2n) is 7.27. The first kappa shape index (κ1) is 18.7. The van der Waals surface area contributed by atoms with E-state index in [2.05, 4.69) is 20.4 Å². The number of benzene rings is 2. The summed E-state index contributed by atoms with van der Waals surface area (Å²) in [6.07, 6.45) is 3.66. The van der Waals surface area contributed by atoms with E-state index < -0.39 is 0 Å². The molecule has 0 bridgehead atoms. The lowest BCUT2D eigenvalue weighted by Gasteiger charge is -2.07. The lowest BCUT2D eigenvalue weighted by atomic mass is 10.1. The summed E-state index contributed by atoms with van der Waals surface area (Å²) in [6, 6.07) is 21.1. The Bertz CT molecular complexity index is 1400. The number of rotatable bonds is 4. The molecule has 0 aliphatic heterocycles. The second kappa shape index (κ2) is 7.53. The summed E-state index contributed by atoms with van der Waals surface area (Å²) in [5.74, 6) is 0.426. The summed E-state index contributed by atoms with van der Waals surface area (Å²) in [6.45, 7) is 2.00. The second-order valence-corrected chi connectivity index (χ2v) is 7.27. The molecule has 1 amide bonds. The van der Waals surface area contributed by atoms with Gasteiger partial charge in [-0.2, -0.15) is 5.10 Å². The van der Waals surface area contributed by atoms with E-state index >= 15 is 0 Å². The van der Waals surface area contributed by atoms with E-state index in [0.717, 1.165) is 28.2 Å². The van der Waals surface area contributed by atoms with Crippen molar-refractivity contribution in [1.29, 1.82) is 0 Å². The number of nitrogens with one attached hydrogen (secondary N) is 1. The summed E-state index contributed by atoms with van der Waals surface area (Å²) in [5.41, 5.74) is 5.64. The molecule has 3 heterocycles. The first-order chi connectivity index (χ1) is 15.1. The lowest BCUT2D eigenvalue weighted by molar-refractivity contribution is 0.101. The number of fused-ring (bicyclic) bond motifs is 1. The summed E-state index contributed by atoms with van der Waals surface area (Å²) in [7, 11) is 1.77. The molecule has 0 unspecified atom stereocenters. The van der Waals surface area contributed by atoms with Crippen LogP contribution in [0.2, 0.25) is 0 Å². The minimum atomic E-state index is -0.220. The Balaban J connectivity index is 1.43. The number of carbonyl (C=O) groups excluding carboxylic acids is 1. The molecule has 7 nitrogen and oxygen atoms in total. The van der Waals surface area contributed by atoms with E-state index in [1.165, 1.54) is 0 Å². The van der Waals surface area contributed by atoms with Crippen LogP contribution in [0.5, 0.6) is 0 Å². The molecule has 5 rings (SSSR count). The van der Waals surface area contributed by atoms with Gasteiger partial charge in [0, 0.05) is 41.9 Å². The number of anilines is 1. The minimum Gasteiger partial charge on any atom is -0.321 e. The number of carbonyl (C=O) groups is 1. The van der Waals surface area contributed by atoms with E-state index in [-0.39, 0.29) is 5.91 Å². The van der Waals surface area contributed by atoms with Gasteiger partial charge in [0.15, 0.2) is 0 Å². The SMILES string of the molecule is Cc1c(-c2cccc(NC(=O)c3cc(-c4ccccc4)nn3C)c2)nc2ncccn12. The molecule has 0 saturated heterocycles. The summed E-state index contributed by atoms with van der Waals surface area (Å²) >= 11 is 0. The Morgan fingerprint density at radius 1 is 0.968 bits per heavy atom. The van der Waals surface area contributed by atoms with Crippen LogP contribution >= 0.6 is 0 Å².